The number of nitrogens with zero attached hydrogens (tertiary/aromatic N) is 1. The van der Waals surface area contributed by atoms with Gasteiger partial charge in [0.1, 0.15) is 0 Å². The Morgan fingerprint density at radius 3 is 2.35 bits per heavy atom. The zero-order valence-corrected chi connectivity index (χ0v) is 15.5. The van der Waals surface area contributed by atoms with E-state index in [1.165, 1.54) is 0 Å². The summed E-state index contributed by atoms with van der Waals surface area (Å²) in [5, 5.41) is 11.9. The third-order valence-electron chi connectivity index (χ3n) is 5.09. The van der Waals surface area contributed by atoms with E-state index in [1.807, 2.05) is 28.8 Å². The second-order valence-electron chi connectivity index (χ2n) is 6.90. The Kier molecular flexibility index (Phi) is 6.19. The molecule has 6 nitrogen and oxygen atoms in total. The molecule has 26 heavy (non-hydrogen) atoms. The lowest BCUT2D eigenvalue weighted by Gasteiger charge is -2.26. The van der Waals surface area contributed by atoms with Gasteiger partial charge in [0, 0.05) is 36.2 Å². The van der Waals surface area contributed by atoms with E-state index in [0.29, 0.717) is 31.4 Å². The van der Waals surface area contributed by atoms with Gasteiger partial charge in [0.15, 0.2) is 0 Å². The van der Waals surface area contributed by atoms with Gasteiger partial charge in [0.25, 0.3) is 0 Å². The molecule has 1 heterocycles. The van der Waals surface area contributed by atoms with Crippen LogP contribution in [0.5, 0.6) is 0 Å². The molecule has 1 saturated carbocycles. The minimum atomic E-state index is -0.818. The van der Waals surface area contributed by atoms with Crippen molar-refractivity contribution in [3.63, 3.8) is 0 Å². The Balaban J connectivity index is 1.50. The summed E-state index contributed by atoms with van der Waals surface area (Å²) >= 11 is 1.88. The minimum Gasteiger partial charge on any atom is -0.481 e. The summed E-state index contributed by atoms with van der Waals surface area (Å²) < 4.78 is 0. The van der Waals surface area contributed by atoms with Crippen molar-refractivity contribution in [1.29, 1.82) is 0 Å². The number of aliphatic carboxylic acids is 1. The molecular formula is C19H24N2O4S. The topological polar surface area (TPSA) is 86.7 Å². The Morgan fingerprint density at radius 1 is 1.08 bits per heavy atom. The number of carbonyl (C=O) groups is 3. The van der Waals surface area contributed by atoms with E-state index in [4.69, 9.17) is 5.11 Å². The fourth-order valence-corrected chi connectivity index (χ4v) is 4.40. The number of hydrogen-bond donors (Lipinski definition) is 2. The average Bonchev–Trinajstić information content (AvgIpc) is 3.15. The van der Waals surface area contributed by atoms with Crippen molar-refractivity contribution in [3.05, 3.63) is 29.8 Å². The summed E-state index contributed by atoms with van der Waals surface area (Å²) in [4.78, 5) is 37.5. The van der Waals surface area contributed by atoms with Crippen LogP contribution in [0.15, 0.2) is 24.3 Å². The summed E-state index contributed by atoms with van der Waals surface area (Å²) in [6.07, 6.45) is 1.96. The number of nitrogens with one attached hydrogen (secondary N) is 1. The van der Waals surface area contributed by atoms with Gasteiger partial charge in [-0.2, -0.15) is 11.8 Å². The van der Waals surface area contributed by atoms with Crippen LogP contribution < -0.4 is 5.32 Å². The Labute approximate surface area is 157 Å². The van der Waals surface area contributed by atoms with E-state index in [9.17, 15) is 14.4 Å². The van der Waals surface area contributed by atoms with E-state index >= 15 is 0 Å². The van der Waals surface area contributed by atoms with Crippen molar-refractivity contribution < 1.29 is 19.5 Å². The normalized spacial score (nSPS) is 22.8. The molecule has 0 bridgehead atoms. The van der Waals surface area contributed by atoms with Crippen LogP contribution in [0.25, 0.3) is 0 Å². The third-order valence-corrected chi connectivity index (χ3v) is 6.04. The number of carboxylic acid groups (broad SMARTS) is 1. The Hall–Kier alpha value is -2.02. The predicted octanol–water partition coefficient (Wildman–Crippen LogP) is 2.24. The highest BCUT2D eigenvalue weighted by atomic mass is 32.2. The maximum atomic E-state index is 12.3. The maximum Gasteiger partial charge on any atom is 0.306 e. The van der Waals surface area contributed by atoms with Crippen LogP contribution in [0.3, 0.4) is 0 Å². The molecule has 2 amide bonds. The standard InChI is InChI=1S/C19H24N2O4S/c22-17(21-7-9-26-10-8-21)11-13-1-5-16(6-2-13)20-18(23)14-3-4-15(12-14)19(24)25/h1-2,5-6,14-15H,3-4,7-12H2,(H,20,23)(H,24,25)/t14-,15+/m0/s1. The fourth-order valence-electron chi connectivity index (χ4n) is 3.49. The first-order valence-corrected chi connectivity index (χ1v) is 10.2. The van der Waals surface area contributed by atoms with Crippen molar-refractivity contribution in [1.82, 2.24) is 4.90 Å². The van der Waals surface area contributed by atoms with Crippen molar-refractivity contribution >= 4 is 35.2 Å². The van der Waals surface area contributed by atoms with E-state index in [-0.39, 0.29) is 17.7 Å². The second kappa shape index (κ2) is 8.58. The lowest BCUT2D eigenvalue weighted by molar-refractivity contribution is -0.141. The summed E-state index contributed by atoms with van der Waals surface area (Å²) in [7, 11) is 0. The molecule has 1 aliphatic carbocycles. The number of thioether (sulfide) groups is 1. The van der Waals surface area contributed by atoms with Crippen molar-refractivity contribution in [3.8, 4) is 0 Å². The molecule has 0 spiro atoms. The first-order chi connectivity index (χ1) is 12.5. The second-order valence-corrected chi connectivity index (χ2v) is 8.13. The SMILES string of the molecule is O=C(O)[C@@H]1CC[C@H](C(=O)Nc2ccc(CC(=O)N3CCSCC3)cc2)C1. The quantitative estimate of drug-likeness (QED) is 0.823. The van der Waals surface area contributed by atoms with Gasteiger partial charge in [-0.05, 0) is 37.0 Å². The van der Waals surface area contributed by atoms with E-state index in [1.54, 1.807) is 12.1 Å². The van der Waals surface area contributed by atoms with Gasteiger partial charge in [-0.1, -0.05) is 12.1 Å². The number of rotatable bonds is 5. The zero-order chi connectivity index (χ0) is 18.5. The first-order valence-electron chi connectivity index (χ1n) is 9.01. The zero-order valence-electron chi connectivity index (χ0n) is 14.6. The largest absolute Gasteiger partial charge is 0.481 e. The van der Waals surface area contributed by atoms with Crippen LogP contribution in [0, 0.1) is 11.8 Å². The number of anilines is 1. The fraction of sp³-hybridized carbons (Fsp3) is 0.526. The van der Waals surface area contributed by atoms with Crippen molar-refractivity contribution in [2.45, 2.75) is 25.7 Å². The number of carboxylic acids is 1. The van der Waals surface area contributed by atoms with Crippen LogP contribution in [-0.4, -0.2) is 52.4 Å². The highest BCUT2D eigenvalue weighted by molar-refractivity contribution is 7.99. The number of carbonyl (C=O) groups excluding carboxylic acids is 2. The molecular weight excluding hydrogens is 352 g/mol. The summed E-state index contributed by atoms with van der Waals surface area (Å²) in [5.41, 5.74) is 1.61. The lowest BCUT2D eigenvalue weighted by Crippen LogP contribution is -2.38. The minimum absolute atomic E-state index is 0.122. The van der Waals surface area contributed by atoms with Crippen molar-refractivity contribution in [2.24, 2.45) is 11.8 Å². The molecule has 2 aliphatic rings. The molecule has 7 heteroatoms. The average molecular weight is 376 g/mol. The third kappa shape index (κ3) is 4.78. The first kappa shape index (κ1) is 18.8. The summed E-state index contributed by atoms with van der Waals surface area (Å²) in [6.45, 7) is 1.63. The van der Waals surface area contributed by atoms with Crippen LogP contribution in [-0.2, 0) is 20.8 Å². The highest BCUT2D eigenvalue weighted by Gasteiger charge is 2.33. The van der Waals surface area contributed by atoms with E-state index in [0.717, 1.165) is 30.2 Å². The number of amides is 2. The lowest BCUT2D eigenvalue weighted by atomic mass is 10.0. The molecule has 1 saturated heterocycles. The van der Waals surface area contributed by atoms with E-state index < -0.39 is 11.9 Å². The maximum absolute atomic E-state index is 12.3. The molecule has 1 aromatic rings. The smallest absolute Gasteiger partial charge is 0.306 e. The van der Waals surface area contributed by atoms with E-state index in [2.05, 4.69) is 5.32 Å². The van der Waals surface area contributed by atoms with Gasteiger partial charge in [0.05, 0.1) is 12.3 Å². The molecule has 1 aliphatic heterocycles. The molecule has 2 N–H and O–H groups in total. The molecule has 2 fully saturated rings. The summed E-state index contributed by atoms with van der Waals surface area (Å²) in [5.74, 6) is 0.556. The van der Waals surface area contributed by atoms with Gasteiger partial charge in [-0.25, -0.2) is 0 Å². The highest BCUT2D eigenvalue weighted by Crippen LogP contribution is 2.31. The molecule has 0 unspecified atom stereocenters. The summed E-state index contributed by atoms with van der Waals surface area (Å²) in [6, 6.07) is 7.33. The van der Waals surface area contributed by atoms with Crippen molar-refractivity contribution in [2.75, 3.05) is 29.9 Å². The van der Waals surface area contributed by atoms with Gasteiger partial charge in [0.2, 0.25) is 11.8 Å². The van der Waals surface area contributed by atoms with Crippen LogP contribution >= 0.6 is 11.8 Å². The van der Waals surface area contributed by atoms with Gasteiger partial charge in [-0.3, -0.25) is 14.4 Å². The monoisotopic (exact) mass is 376 g/mol. The van der Waals surface area contributed by atoms with Gasteiger partial charge >= 0.3 is 5.97 Å². The van der Waals surface area contributed by atoms with Crippen LogP contribution in [0.1, 0.15) is 24.8 Å². The molecule has 1 aromatic carbocycles. The Bertz CT molecular complexity index is 671. The molecule has 2 atom stereocenters. The number of hydrogen-bond acceptors (Lipinski definition) is 4. The number of benzene rings is 1. The van der Waals surface area contributed by atoms with Gasteiger partial charge < -0.3 is 15.3 Å². The van der Waals surface area contributed by atoms with Crippen LogP contribution in [0.4, 0.5) is 5.69 Å². The van der Waals surface area contributed by atoms with Gasteiger partial charge in [-0.15, -0.1) is 0 Å². The Morgan fingerprint density at radius 2 is 1.73 bits per heavy atom. The molecule has 3 rings (SSSR count). The predicted molar refractivity (Wildman–Crippen MR) is 101 cm³/mol. The molecule has 0 aromatic heterocycles. The molecule has 0 radical (unpaired) electrons. The molecule has 140 valence electrons. The van der Waals surface area contributed by atoms with Crippen LogP contribution in [0.2, 0.25) is 0 Å².